The fourth-order valence-corrected chi connectivity index (χ4v) is 3.90. The van der Waals surface area contributed by atoms with Gasteiger partial charge in [-0.15, -0.1) is 0 Å². The molecule has 3 rings (SSSR count). The van der Waals surface area contributed by atoms with Crippen molar-refractivity contribution in [3.05, 3.63) is 45.7 Å². The Bertz CT molecular complexity index is 747. The molecular weight excluding hydrogens is 296 g/mol. The first kappa shape index (κ1) is 17.2. The lowest BCUT2D eigenvalue weighted by Crippen LogP contribution is -2.31. The van der Waals surface area contributed by atoms with Crippen molar-refractivity contribution < 1.29 is 0 Å². The van der Waals surface area contributed by atoms with Gasteiger partial charge in [0.25, 0.3) is 5.56 Å². The van der Waals surface area contributed by atoms with E-state index in [0.717, 1.165) is 42.9 Å². The molecule has 2 heterocycles. The third-order valence-corrected chi connectivity index (χ3v) is 5.39. The van der Waals surface area contributed by atoms with Gasteiger partial charge >= 0.3 is 0 Å². The minimum atomic E-state index is 0.198. The van der Waals surface area contributed by atoms with Crippen LogP contribution in [0.15, 0.2) is 29.1 Å². The van der Waals surface area contributed by atoms with Gasteiger partial charge in [0.05, 0.1) is 5.52 Å². The van der Waals surface area contributed by atoms with Crippen LogP contribution in [-0.2, 0) is 19.5 Å². The van der Waals surface area contributed by atoms with E-state index >= 15 is 0 Å². The molecule has 24 heavy (non-hydrogen) atoms. The monoisotopic (exact) mass is 326 g/mol. The summed E-state index contributed by atoms with van der Waals surface area (Å²) in [4.78, 5) is 12.8. The number of para-hydroxylation sites is 1. The van der Waals surface area contributed by atoms with Crippen molar-refractivity contribution >= 4 is 10.9 Å². The minimum Gasteiger partial charge on any atom is -0.312 e. The van der Waals surface area contributed by atoms with Gasteiger partial charge in [-0.25, -0.2) is 0 Å². The summed E-state index contributed by atoms with van der Waals surface area (Å²) in [7, 11) is 0. The quantitative estimate of drug-likeness (QED) is 0.787. The first-order valence-corrected chi connectivity index (χ1v) is 9.59. The van der Waals surface area contributed by atoms with Gasteiger partial charge in [-0.2, -0.15) is 0 Å². The van der Waals surface area contributed by atoms with E-state index in [9.17, 15) is 4.79 Å². The van der Waals surface area contributed by atoms with Crippen LogP contribution in [0.4, 0.5) is 0 Å². The molecule has 2 aromatic rings. The molecular formula is C21H30N2O. The highest BCUT2D eigenvalue weighted by atomic mass is 16.1. The molecule has 1 aliphatic rings. The molecule has 0 amide bonds. The van der Waals surface area contributed by atoms with Crippen LogP contribution in [-0.4, -0.2) is 11.1 Å². The lowest BCUT2D eigenvalue weighted by molar-refractivity contribution is 0.418. The lowest BCUT2D eigenvalue weighted by Gasteiger charge is -2.21. The number of benzene rings is 1. The van der Waals surface area contributed by atoms with Gasteiger partial charge in [-0.1, -0.05) is 51.3 Å². The maximum Gasteiger partial charge on any atom is 0.255 e. The largest absolute Gasteiger partial charge is 0.312 e. The van der Waals surface area contributed by atoms with Crippen LogP contribution in [0, 0.1) is 5.92 Å². The second-order valence-electron chi connectivity index (χ2n) is 7.13. The summed E-state index contributed by atoms with van der Waals surface area (Å²) >= 11 is 0. The van der Waals surface area contributed by atoms with E-state index in [0.29, 0.717) is 6.54 Å². The second kappa shape index (κ2) is 7.98. The zero-order chi connectivity index (χ0) is 16.9. The molecule has 1 aromatic carbocycles. The topological polar surface area (TPSA) is 34.0 Å². The summed E-state index contributed by atoms with van der Waals surface area (Å²) in [6.45, 7) is 7.05. The molecule has 0 saturated heterocycles. The number of hydrogen-bond donors (Lipinski definition) is 1. The second-order valence-corrected chi connectivity index (χ2v) is 7.13. The zero-order valence-corrected chi connectivity index (χ0v) is 15.1. The third-order valence-electron chi connectivity index (χ3n) is 5.39. The number of hydrogen-bond acceptors (Lipinski definition) is 2. The molecule has 0 saturated carbocycles. The standard InChI is InChI=1S/C21H30N2O/c1-3-5-8-16(4-2)14-22-15-19-13-18-10-6-9-17-11-7-12-23(20(17)18)21(19)24/h6,9-10,13,16,22H,3-5,7-8,11-12,14-15H2,1-2H3. The Kier molecular flexibility index (Phi) is 5.72. The van der Waals surface area contributed by atoms with Crippen molar-refractivity contribution in [2.24, 2.45) is 5.92 Å². The molecule has 3 heteroatoms. The summed E-state index contributed by atoms with van der Waals surface area (Å²) in [5.41, 5.74) is 3.59. The summed E-state index contributed by atoms with van der Waals surface area (Å²) in [6.07, 6.45) is 7.20. The van der Waals surface area contributed by atoms with Gasteiger partial charge in [-0.3, -0.25) is 4.79 Å². The molecule has 1 unspecified atom stereocenters. The Balaban J connectivity index is 1.76. The van der Waals surface area contributed by atoms with Gasteiger partial charge in [0.2, 0.25) is 0 Å². The fourth-order valence-electron chi connectivity index (χ4n) is 3.90. The number of aromatic nitrogens is 1. The first-order valence-electron chi connectivity index (χ1n) is 9.59. The van der Waals surface area contributed by atoms with Crippen LogP contribution in [0.2, 0.25) is 0 Å². The average molecular weight is 326 g/mol. The van der Waals surface area contributed by atoms with Crippen molar-refractivity contribution in [2.75, 3.05) is 6.54 Å². The highest BCUT2D eigenvalue weighted by Gasteiger charge is 2.16. The van der Waals surface area contributed by atoms with E-state index in [2.05, 4.69) is 43.4 Å². The molecule has 1 aromatic heterocycles. The summed E-state index contributed by atoms with van der Waals surface area (Å²) in [6, 6.07) is 8.52. The number of rotatable bonds is 8. The van der Waals surface area contributed by atoms with Crippen LogP contribution in [0.25, 0.3) is 10.9 Å². The van der Waals surface area contributed by atoms with Gasteiger partial charge in [0, 0.05) is 18.7 Å². The normalized spacial score (nSPS) is 14.9. The average Bonchev–Trinajstić information content (AvgIpc) is 2.62. The molecule has 0 bridgehead atoms. The molecule has 1 aliphatic heterocycles. The van der Waals surface area contributed by atoms with Crippen LogP contribution in [0.3, 0.4) is 0 Å². The number of pyridine rings is 1. The number of aryl methyl sites for hydroxylation is 2. The molecule has 3 nitrogen and oxygen atoms in total. The first-order chi connectivity index (χ1) is 11.7. The van der Waals surface area contributed by atoms with Gasteiger partial charge in [-0.05, 0) is 48.7 Å². The minimum absolute atomic E-state index is 0.198. The smallest absolute Gasteiger partial charge is 0.255 e. The molecule has 1 atom stereocenters. The number of unbranched alkanes of at least 4 members (excludes halogenated alkanes) is 1. The van der Waals surface area contributed by atoms with E-state index in [1.807, 2.05) is 4.57 Å². The summed E-state index contributed by atoms with van der Waals surface area (Å²) in [5, 5.41) is 4.75. The highest BCUT2D eigenvalue weighted by molar-refractivity contribution is 5.83. The predicted molar refractivity (Wildman–Crippen MR) is 102 cm³/mol. The predicted octanol–water partition coefficient (Wildman–Crippen LogP) is 4.25. The Morgan fingerprint density at radius 1 is 1.29 bits per heavy atom. The molecule has 1 N–H and O–H groups in total. The molecule has 0 spiro atoms. The van der Waals surface area contributed by atoms with E-state index in [4.69, 9.17) is 0 Å². The maximum absolute atomic E-state index is 12.8. The van der Waals surface area contributed by atoms with Crippen LogP contribution in [0.5, 0.6) is 0 Å². The molecule has 0 radical (unpaired) electrons. The van der Waals surface area contributed by atoms with Crippen LogP contribution < -0.4 is 10.9 Å². The highest BCUT2D eigenvalue weighted by Crippen LogP contribution is 2.24. The molecule has 0 fully saturated rings. The van der Waals surface area contributed by atoms with Crippen molar-refractivity contribution in [2.45, 2.75) is 65.5 Å². The Morgan fingerprint density at radius 3 is 2.96 bits per heavy atom. The number of nitrogens with zero attached hydrogens (tertiary/aromatic N) is 1. The van der Waals surface area contributed by atoms with Crippen LogP contribution in [0.1, 0.15) is 57.1 Å². The van der Waals surface area contributed by atoms with Gasteiger partial charge < -0.3 is 9.88 Å². The SMILES string of the molecule is CCCCC(CC)CNCc1cc2cccc3c2n(c1=O)CCC3. The summed E-state index contributed by atoms with van der Waals surface area (Å²) < 4.78 is 2.00. The van der Waals surface area contributed by atoms with Crippen molar-refractivity contribution in [3.8, 4) is 0 Å². The van der Waals surface area contributed by atoms with E-state index < -0.39 is 0 Å². The van der Waals surface area contributed by atoms with Gasteiger partial charge in [0.1, 0.15) is 0 Å². The van der Waals surface area contributed by atoms with E-state index in [1.54, 1.807) is 0 Å². The lowest BCUT2D eigenvalue weighted by atomic mass is 9.99. The third kappa shape index (κ3) is 3.56. The van der Waals surface area contributed by atoms with Crippen molar-refractivity contribution in [1.29, 1.82) is 0 Å². The molecule has 0 aliphatic carbocycles. The Morgan fingerprint density at radius 2 is 2.17 bits per heavy atom. The Labute approximate surface area is 145 Å². The van der Waals surface area contributed by atoms with Crippen LogP contribution >= 0.6 is 0 Å². The summed E-state index contributed by atoms with van der Waals surface area (Å²) in [5.74, 6) is 0.720. The van der Waals surface area contributed by atoms with Gasteiger partial charge in [0.15, 0.2) is 0 Å². The Hall–Kier alpha value is -1.61. The van der Waals surface area contributed by atoms with Crippen molar-refractivity contribution in [1.82, 2.24) is 9.88 Å². The maximum atomic E-state index is 12.8. The molecule has 130 valence electrons. The van der Waals surface area contributed by atoms with E-state index in [-0.39, 0.29) is 5.56 Å². The van der Waals surface area contributed by atoms with E-state index in [1.165, 1.54) is 36.6 Å². The fraction of sp³-hybridized carbons (Fsp3) is 0.571. The number of nitrogens with one attached hydrogen (secondary N) is 1. The van der Waals surface area contributed by atoms with Crippen molar-refractivity contribution in [3.63, 3.8) is 0 Å². The zero-order valence-electron chi connectivity index (χ0n) is 15.1.